The van der Waals surface area contributed by atoms with Gasteiger partial charge in [-0.1, -0.05) is 13.3 Å². The number of hydrogen-bond donors (Lipinski definition) is 2. The van der Waals surface area contributed by atoms with Crippen molar-refractivity contribution in [2.45, 2.75) is 32.0 Å². The molecule has 0 spiro atoms. The summed E-state index contributed by atoms with van der Waals surface area (Å²) in [6, 6.07) is 0.755. The van der Waals surface area contributed by atoms with E-state index in [-0.39, 0.29) is 12.4 Å². The standard InChI is InChI=1S/C10H13ClF3N3O/c1-2-3-6(18)5-15-8-4-7(10(12,13)14)16-9(11)17-8/h4,6,18H,2-3,5H2,1H3,(H,15,16,17). The zero-order chi connectivity index (χ0) is 13.8. The van der Waals surface area contributed by atoms with Crippen LogP contribution in [-0.4, -0.2) is 27.7 Å². The minimum atomic E-state index is -4.58. The quantitative estimate of drug-likeness (QED) is 0.816. The van der Waals surface area contributed by atoms with Crippen LogP contribution in [0.4, 0.5) is 19.0 Å². The first-order valence-electron chi connectivity index (χ1n) is 5.36. The van der Waals surface area contributed by atoms with Gasteiger partial charge in [0.1, 0.15) is 5.82 Å². The first-order chi connectivity index (χ1) is 8.32. The zero-order valence-electron chi connectivity index (χ0n) is 9.63. The average Bonchev–Trinajstić information content (AvgIpc) is 2.25. The van der Waals surface area contributed by atoms with Crippen molar-refractivity contribution in [3.05, 3.63) is 17.0 Å². The lowest BCUT2D eigenvalue weighted by molar-refractivity contribution is -0.141. The highest BCUT2D eigenvalue weighted by atomic mass is 35.5. The van der Waals surface area contributed by atoms with E-state index in [2.05, 4.69) is 15.3 Å². The molecule has 1 rings (SSSR count). The Bertz CT molecular complexity index is 400. The number of halogens is 4. The number of aromatic nitrogens is 2. The lowest BCUT2D eigenvalue weighted by Crippen LogP contribution is -2.20. The van der Waals surface area contributed by atoms with E-state index in [4.69, 9.17) is 11.6 Å². The molecule has 0 aliphatic carbocycles. The van der Waals surface area contributed by atoms with Crippen molar-refractivity contribution in [1.29, 1.82) is 0 Å². The molecule has 1 heterocycles. The molecule has 0 aliphatic heterocycles. The molecule has 1 atom stereocenters. The molecular formula is C10H13ClF3N3O. The van der Waals surface area contributed by atoms with Crippen LogP contribution in [0.15, 0.2) is 6.07 Å². The van der Waals surface area contributed by atoms with Gasteiger partial charge in [0, 0.05) is 12.6 Å². The molecular weight excluding hydrogens is 271 g/mol. The second-order valence-corrected chi connectivity index (χ2v) is 4.07. The number of aliphatic hydroxyl groups excluding tert-OH is 1. The summed E-state index contributed by atoms with van der Waals surface area (Å²) >= 11 is 5.41. The topological polar surface area (TPSA) is 58.0 Å². The summed E-state index contributed by atoms with van der Waals surface area (Å²) in [7, 11) is 0. The Kier molecular flexibility index (Phi) is 5.15. The largest absolute Gasteiger partial charge is 0.433 e. The van der Waals surface area contributed by atoms with Crippen molar-refractivity contribution in [1.82, 2.24) is 9.97 Å². The number of alkyl halides is 3. The third-order valence-corrected chi connectivity index (χ3v) is 2.30. The lowest BCUT2D eigenvalue weighted by atomic mass is 10.2. The fourth-order valence-electron chi connectivity index (χ4n) is 1.31. The summed E-state index contributed by atoms with van der Waals surface area (Å²) in [6.07, 6.45) is -3.89. The van der Waals surface area contributed by atoms with Gasteiger partial charge in [0.25, 0.3) is 0 Å². The first-order valence-corrected chi connectivity index (χ1v) is 5.74. The van der Waals surface area contributed by atoms with E-state index in [1.807, 2.05) is 6.92 Å². The normalized spacial score (nSPS) is 13.4. The van der Waals surface area contributed by atoms with Crippen molar-refractivity contribution >= 4 is 17.4 Å². The van der Waals surface area contributed by atoms with Crippen LogP contribution in [0.3, 0.4) is 0 Å². The van der Waals surface area contributed by atoms with Gasteiger partial charge in [-0.15, -0.1) is 0 Å². The summed E-state index contributed by atoms with van der Waals surface area (Å²) < 4.78 is 37.3. The minimum absolute atomic E-state index is 0.0579. The van der Waals surface area contributed by atoms with Gasteiger partial charge in [0.15, 0.2) is 5.69 Å². The maximum absolute atomic E-state index is 12.4. The summed E-state index contributed by atoms with van der Waals surface area (Å²) in [5, 5.41) is 11.6. The molecule has 1 aromatic heterocycles. The summed E-state index contributed by atoms with van der Waals surface area (Å²) in [4.78, 5) is 6.71. The predicted molar refractivity (Wildman–Crippen MR) is 61.4 cm³/mol. The SMILES string of the molecule is CCCC(O)CNc1cc(C(F)(F)F)nc(Cl)n1. The summed E-state index contributed by atoms with van der Waals surface area (Å²) in [5.74, 6) is -0.0579. The van der Waals surface area contributed by atoms with Gasteiger partial charge in [-0.3, -0.25) is 0 Å². The second kappa shape index (κ2) is 6.19. The van der Waals surface area contributed by atoms with Crippen molar-refractivity contribution in [3.8, 4) is 0 Å². The molecule has 0 radical (unpaired) electrons. The monoisotopic (exact) mass is 283 g/mol. The van der Waals surface area contributed by atoms with E-state index >= 15 is 0 Å². The van der Waals surface area contributed by atoms with Crippen LogP contribution < -0.4 is 5.32 Å². The predicted octanol–water partition coefficient (Wildman–Crippen LogP) is 2.72. The molecule has 8 heteroatoms. The van der Waals surface area contributed by atoms with Crippen LogP contribution in [-0.2, 0) is 6.18 Å². The molecule has 0 saturated heterocycles. The van der Waals surface area contributed by atoms with Crippen molar-refractivity contribution in [2.24, 2.45) is 0 Å². The number of nitrogens with zero attached hydrogens (tertiary/aromatic N) is 2. The van der Waals surface area contributed by atoms with Crippen LogP contribution in [0, 0.1) is 0 Å². The summed E-state index contributed by atoms with van der Waals surface area (Å²) in [5.41, 5.74) is -1.12. The molecule has 0 bridgehead atoms. The maximum atomic E-state index is 12.4. The molecule has 2 N–H and O–H groups in total. The average molecular weight is 284 g/mol. The van der Waals surface area contributed by atoms with Crippen LogP contribution in [0.1, 0.15) is 25.5 Å². The fourth-order valence-corrected chi connectivity index (χ4v) is 1.49. The minimum Gasteiger partial charge on any atom is -0.391 e. The van der Waals surface area contributed by atoms with Gasteiger partial charge in [-0.2, -0.15) is 13.2 Å². The van der Waals surface area contributed by atoms with Gasteiger partial charge >= 0.3 is 6.18 Å². The fraction of sp³-hybridized carbons (Fsp3) is 0.600. The summed E-state index contributed by atoms with van der Waals surface area (Å²) in [6.45, 7) is 2.00. The molecule has 18 heavy (non-hydrogen) atoms. The Hall–Kier alpha value is -1.08. The van der Waals surface area contributed by atoms with Crippen molar-refractivity contribution < 1.29 is 18.3 Å². The van der Waals surface area contributed by atoms with E-state index in [0.717, 1.165) is 12.5 Å². The van der Waals surface area contributed by atoms with Gasteiger partial charge in [-0.05, 0) is 18.0 Å². The number of aliphatic hydroxyl groups is 1. The zero-order valence-corrected chi connectivity index (χ0v) is 10.4. The molecule has 102 valence electrons. The van der Waals surface area contributed by atoms with Crippen LogP contribution in [0.25, 0.3) is 0 Å². The first kappa shape index (κ1) is 15.0. The number of rotatable bonds is 5. The highest BCUT2D eigenvalue weighted by Gasteiger charge is 2.33. The van der Waals surface area contributed by atoms with E-state index in [9.17, 15) is 18.3 Å². The van der Waals surface area contributed by atoms with Crippen molar-refractivity contribution in [3.63, 3.8) is 0 Å². The molecule has 0 aliphatic rings. The van der Waals surface area contributed by atoms with Gasteiger partial charge in [-0.25, -0.2) is 9.97 Å². The molecule has 1 aromatic rings. The van der Waals surface area contributed by atoms with Crippen LogP contribution >= 0.6 is 11.6 Å². The van der Waals surface area contributed by atoms with Crippen LogP contribution in [0.5, 0.6) is 0 Å². The molecule has 0 aromatic carbocycles. The highest BCUT2D eigenvalue weighted by molar-refractivity contribution is 6.28. The van der Waals surface area contributed by atoms with E-state index in [1.54, 1.807) is 0 Å². The molecule has 0 fully saturated rings. The van der Waals surface area contributed by atoms with Gasteiger partial charge in [0.2, 0.25) is 5.28 Å². The van der Waals surface area contributed by atoms with E-state index < -0.39 is 23.3 Å². The number of nitrogens with one attached hydrogen (secondary N) is 1. The van der Waals surface area contributed by atoms with Gasteiger partial charge < -0.3 is 10.4 Å². The third-order valence-electron chi connectivity index (χ3n) is 2.13. The third kappa shape index (κ3) is 4.66. The van der Waals surface area contributed by atoms with E-state index in [1.165, 1.54) is 0 Å². The Labute approximate surface area is 107 Å². The Morgan fingerprint density at radius 3 is 2.67 bits per heavy atom. The second-order valence-electron chi connectivity index (χ2n) is 3.73. The lowest BCUT2D eigenvalue weighted by Gasteiger charge is -2.12. The maximum Gasteiger partial charge on any atom is 0.433 e. The molecule has 1 unspecified atom stereocenters. The molecule has 0 amide bonds. The Morgan fingerprint density at radius 2 is 2.11 bits per heavy atom. The number of anilines is 1. The van der Waals surface area contributed by atoms with Crippen LogP contribution in [0.2, 0.25) is 5.28 Å². The Morgan fingerprint density at radius 1 is 1.44 bits per heavy atom. The number of hydrogen-bond acceptors (Lipinski definition) is 4. The Balaban J connectivity index is 2.75. The molecule has 0 saturated carbocycles. The van der Waals surface area contributed by atoms with Gasteiger partial charge in [0.05, 0.1) is 6.10 Å². The van der Waals surface area contributed by atoms with E-state index in [0.29, 0.717) is 6.42 Å². The van der Waals surface area contributed by atoms with Crippen molar-refractivity contribution in [2.75, 3.05) is 11.9 Å². The smallest absolute Gasteiger partial charge is 0.391 e. The highest BCUT2D eigenvalue weighted by Crippen LogP contribution is 2.29. The molecule has 4 nitrogen and oxygen atoms in total.